The van der Waals surface area contributed by atoms with Crippen LogP contribution in [-0.2, 0) is 4.79 Å². The molecule has 0 radical (unpaired) electrons. The minimum atomic E-state index is 0.191. The smallest absolute Gasteiger partial charge is 0.136 e. The molecule has 78 valence electrons. The van der Waals surface area contributed by atoms with Crippen LogP contribution in [0.25, 0.3) is 0 Å². The maximum Gasteiger partial charge on any atom is 0.136 e. The van der Waals surface area contributed by atoms with Gasteiger partial charge in [0.15, 0.2) is 0 Å². The Morgan fingerprint density at radius 1 is 1.31 bits per heavy atom. The van der Waals surface area contributed by atoms with E-state index >= 15 is 0 Å². The van der Waals surface area contributed by atoms with Crippen molar-refractivity contribution >= 4 is 5.78 Å². The predicted molar refractivity (Wildman–Crippen MR) is 56.9 cm³/mol. The van der Waals surface area contributed by atoms with Gasteiger partial charge in [0.2, 0.25) is 0 Å². The van der Waals surface area contributed by atoms with Gasteiger partial charge in [-0.15, -0.1) is 0 Å². The molecule has 0 heterocycles. The highest BCUT2D eigenvalue weighted by Crippen LogP contribution is 2.05. The molecule has 0 aliphatic carbocycles. The first-order chi connectivity index (χ1) is 6.22. The van der Waals surface area contributed by atoms with E-state index in [1.807, 2.05) is 6.92 Å². The Bertz CT molecular complexity index is 134. The van der Waals surface area contributed by atoms with E-state index in [-0.39, 0.29) is 5.92 Å². The SMILES string of the molecule is CCCCCC(=O)C(C)CNCC. The highest BCUT2D eigenvalue weighted by Gasteiger charge is 2.10. The summed E-state index contributed by atoms with van der Waals surface area (Å²) in [4.78, 5) is 11.5. The Kier molecular flexibility index (Phi) is 8.00. The molecule has 0 aromatic carbocycles. The summed E-state index contributed by atoms with van der Waals surface area (Å²) in [6.07, 6.45) is 4.20. The fourth-order valence-electron chi connectivity index (χ4n) is 1.27. The van der Waals surface area contributed by atoms with E-state index in [0.29, 0.717) is 5.78 Å². The molecule has 1 atom stereocenters. The zero-order valence-electron chi connectivity index (χ0n) is 9.23. The van der Waals surface area contributed by atoms with Crippen LogP contribution in [0.3, 0.4) is 0 Å². The monoisotopic (exact) mass is 185 g/mol. The van der Waals surface area contributed by atoms with Crippen molar-refractivity contribution in [2.75, 3.05) is 13.1 Å². The minimum absolute atomic E-state index is 0.191. The topological polar surface area (TPSA) is 29.1 Å². The highest BCUT2D eigenvalue weighted by molar-refractivity contribution is 5.80. The molecule has 1 unspecified atom stereocenters. The number of ketones is 1. The molecule has 2 nitrogen and oxygen atoms in total. The maximum atomic E-state index is 11.5. The summed E-state index contributed by atoms with van der Waals surface area (Å²) >= 11 is 0. The second-order valence-electron chi connectivity index (χ2n) is 3.63. The van der Waals surface area contributed by atoms with Crippen molar-refractivity contribution in [2.45, 2.75) is 46.5 Å². The first-order valence-corrected chi connectivity index (χ1v) is 5.45. The quantitative estimate of drug-likeness (QED) is 0.588. The molecule has 0 aromatic rings. The van der Waals surface area contributed by atoms with Gasteiger partial charge in [0.05, 0.1) is 0 Å². The largest absolute Gasteiger partial charge is 0.316 e. The molecule has 0 rings (SSSR count). The second-order valence-corrected chi connectivity index (χ2v) is 3.63. The molecule has 1 N–H and O–H groups in total. The van der Waals surface area contributed by atoms with Gasteiger partial charge < -0.3 is 5.32 Å². The Morgan fingerprint density at radius 2 is 2.00 bits per heavy atom. The van der Waals surface area contributed by atoms with Crippen LogP contribution >= 0.6 is 0 Å². The molecule has 0 bridgehead atoms. The van der Waals surface area contributed by atoms with Crippen LogP contribution in [0.1, 0.15) is 46.5 Å². The molecule has 0 aliphatic heterocycles. The Labute approximate surface area is 82.1 Å². The summed E-state index contributed by atoms with van der Waals surface area (Å²) in [5.74, 6) is 0.603. The predicted octanol–water partition coefficient (Wildman–Crippen LogP) is 2.38. The van der Waals surface area contributed by atoms with E-state index in [1.165, 1.54) is 12.8 Å². The molecule has 0 spiro atoms. The molecule has 0 fully saturated rings. The average Bonchev–Trinajstić information content (AvgIpc) is 2.14. The number of unbranched alkanes of at least 4 members (excludes halogenated alkanes) is 2. The zero-order valence-corrected chi connectivity index (χ0v) is 9.23. The van der Waals surface area contributed by atoms with Gasteiger partial charge >= 0.3 is 0 Å². The van der Waals surface area contributed by atoms with Crippen molar-refractivity contribution in [1.29, 1.82) is 0 Å². The summed E-state index contributed by atoms with van der Waals surface area (Å²) in [7, 11) is 0. The van der Waals surface area contributed by atoms with Gasteiger partial charge in [-0.3, -0.25) is 4.79 Å². The van der Waals surface area contributed by atoms with E-state index < -0.39 is 0 Å². The van der Waals surface area contributed by atoms with Gasteiger partial charge in [0.1, 0.15) is 5.78 Å². The molecule has 0 aromatic heterocycles. The Hall–Kier alpha value is -0.370. The van der Waals surface area contributed by atoms with Crippen molar-refractivity contribution in [3.63, 3.8) is 0 Å². The van der Waals surface area contributed by atoms with E-state index in [4.69, 9.17) is 0 Å². The highest BCUT2D eigenvalue weighted by atomic mass is 16.1. The van der Waals surface area contributed by atoms with Crippen LogP contribution in [0.4, 0.5) is 0 Å². The number of rotatable bonds is 8. The molecule has 13 heavy (non-hydrogen) atoms. The third kappa shape index (κ3) is 6.76. The number of nitrogens with one attached hydrogen (secondary N) is 1. The molecular formula is C11H23NO. The van der Waals surface area contributed by atoms with Gasteiger partial charge in [-0.05, 0) is 13.0 Å². The normalized spacial score (nSPS) is 12.8. The molecule has 0 aliphatic rings. The lowest BCUT2D eigenvalue weighted by Gasteiger charge is -2.09. The van der Waals surface area contributed by atoms with Crippen LogP contribution in [0.15, 0.2) is 0 Å². The Morgan fingerprint density at radius 3 is 2.54 bits per heavy atom. The van der Waals surface area contributed by atoms with Gasteiger partial charge in [0.25, 0.3) is 0 Å². The van der Waals surface area contributed by atoms with Crippen molar-refractivity contribution in [3.05, 3.63) is 0 Å². The lowest BCUT2D eigenvalue weighted by molar-refractivity contribution is -0.122. The number of hydrogen-bond donors (Lipinski definition) is 1. The van der Waals surface area contributed by atoms with Crippen LogP contribution in [-0.4, -0.2) is 18.9 Å². The average molecular weight is 185 g/mol. The third-order valence-corrected chi connectivity index (χ3v) is 2.28. The van der Waals surface area contributed by atoms with Gasteiger partial charge in [-0.1, -0.05) is 33.6 Å². The summed E-state index contributed by atoms with van der Waals surface area (Å²) in [6, 6.07) is 0. The van der Waals surface area contributed by atoms with Crippen molar-refractivity contribution in [1.82, 2.24) is 5.32 Å². The summed E-state index contributed by atoms with van der Waals surface area (Å²) in [6.45, 7) is 8.02. The number of carbonyl (C=O) groups excluding carboxylic acids is 1. The molecule has 0 saturated carbocycles. The first-order valence-electron chi connectivity index (χ1n) is 5.45. The second kappa shape index (κ2) is 8.24. The van der Waals surface area contributed by atoms with E-state index in [1.54, 1.807) is 0 Å². The number of Topliss-reactive ketones (excluding diaryl/α,β-unsaturated/α-hetero) is 1. The summed E-state index contributed by atoms with van der Waals surface area (Å²) in [5.41, 5.74) is 0. The number of hydrogen-bond acceptors (Lipinski definition) is 2. The van der Waals surface area contributed by atoms with Crippen LogP contribution < -0.4 is 5.32 Å². The van der Waals surface area contributed by atoms with Gasteiger partial charge in [-0.2, -0.15) is 0 Å². The Balaban J connectivity index is 3.45. The molecule has 0 saturated heterocycles. The van der Waals surface area contributed by atoms with Crippen LogP contribution in [0.5, 0.6) is 0 Å². The van der Waals surface area contributed by atoms with Gasteiger partial charge in [0, 0.05) is 18.9 Å². The minimum Gasteiger partial charge on any atom is -0.316 e. The van der Waals surface area contributed by atoms with Crippen LogP contribution in [0, 0.1) is 5.92 Å². The van der Waals surface area contributed by atoms with Crippen molar-refractivity contribution in [3.8, 4) is 0 Å². The number of carbonyl (C=O) groups is 1. The lowest BCUT2D eigenvalue weighted by Crippen LogP contribution is -2.26. The van der Waals surface area contributed by atoms with Crippen molar-refractivity contribution < 1.29 is 4.79 Å². The molecule has 0 amide bonds. The lowest BCUT2D eigenvalue weighted by atomic mass is 10.0. The standard InChI is InChI=1S/C11H23NO/c1-4-6-7-8-11(13)10(3)9-12-5-2/h10,12H,4-9H2,1-3H3. The van der Waals surface area contributed by atoms with E-state index in [9.17, 15) is 4.79 Å². The van der Waals surface area contributed by atoms with Crippen molar-refractivity contribution in [2.24, 2.45) is 5.92 Å². The molecular weight excluding hydrogens is 162 g/mol. The summed E-state index contributed by atoms with van der Waals surface area (Å²) < 4.78 is 0. The zero-order chi connectivity index (χ0) is 10.1. The fraction of sp³-hybridized carbons (Fsp3) is 0.909. The van der Waals surface area contributed by atoms with E-state index in [2.05, 4.69) is 19.2 Å². The third-order valence-electron chi connectivity index (χ3n) is 2.28. The fourth-order valence-corrected chi connectivity index (χ4v) is 1.27. The maximum absolute atomic E-state index is 11.5. The summed E-state index contributed by atoms with van der Waals surface area (Å²) in [5, 5.41) is 3.20. The van der Waals surface area contributed by atoms with Gasteiger partial charge in [-0.25, -0.2) is 0 Å². The first kappa shape index (κ1) is 12.6. The van der Waals surface area contributed by atoms with E-state index in [0.717, 1.165) is 25.9 Å². The molecule has 2 heteroatoms. The van der Waals surface area contributed by atoms with Crippen LogP contribution in [0.2, 0.25) is 0 Å².